The number of carbonyl (C=O) groups is 3. The Balaban J connectivity index is 2.91. The molecule has 1 aromatic carbocycles. The Morgan fingerprint density at radius 3 is 2.16 bits per heavy atom. The molecule has 0 aliphatic heterocycles. The summed E-state index contributed by atoms with van der Waals surface area (Å²) < 4.78 is 20.5. The van der Waals surface area contributed by atoms with Crippen molar-refractivity contribution in [3.63, 3.8) is 0 Å². The van der Waals surface area contributed by atoms with E-state index < -0.39 is 24.4 Å². The van der Waals surface area contributed by atoms with Crippen molar-refractivity contribution < 1.29 is 33.3 Å². The van der Waals surface area contributed by atoms with E-state index in [1.165, 1.54) is 26.4 Å². The lowest BCUT2D eigenvalue weighted by atomic mass is 10.2. The van der Waals surface area contributed by atoms with Crippen molar-refractivity contribution in [1.82, 2.24) is 5.32 Å². The van der Waals surface area contributed by atoms with Crippen molar-refractivity contribution in [2.24, 2.45) is 5.73 Å². The lowest BCUT2D eigenvalue weighted by Crippen LogP contribution is -2.29. The second kappa shape index (κ2) is 10.0. The highest BCUT2D eigenvalue weighted by Crippen LogP contribution is 2.38. The lowest BCUT2D eigenvalue weighted by molar-refractivity contribution is -0.124. The molecule has 0 spiro atoms. The molecule has 0 fully saturated rings. The van der Waals surface area contributed by atoms with E-state index in [0.29, 0.717) is 6.54 Å². The molecule has 0 aliphatic rings. The SMILES string of the molecule is CCCNC(=O)COC(=O)c1cc(OC)c(OCC(N)=O)c(OC)c1. The van der Waals surface area contributed by atoms with Gasteiger partial charge in [-0.25, -0.2) is 4.79 Å². The number of primary amides is 1. The van der Waals surface area contributed by atoms with Gasteiger partial charge in [0, 0.05) is 6.54 Å². The van der Waals surface area contributed by atoms with Gasteiger partial charge in [0.25, 0.3) is 11.8 Å². The van der Waals surface area contributed by atoms with Gasteiger partial charge in [0.15, 0.2) is 24.7 Å². The number of carbonyl (C=O) groups excluding carboxylic acids is 3. The number of hydrogen-bond donors (Lipinski definition) is 2. The van der Waals surface area contributed by atoms with E-state index in [2.05, 4.69) is 5.32 Å². The van der Waals surface area contributed by atoms with Crippen molar-refractivity contribution in [3.8, 4) is 17.2 Å². The van der Waals surface area contributed by atoms with E-state index in [1.54, 1.807) is 0 Å². The van der Waals surface area contributed by atoms with Crippen molar-refractivity contribution in [3.05, 3.63) is 17.7 Å². The fraction of sp³-hybridized carbons (Fsp3) is 0.438. The third kappa shape index (κ3) is 6.21. The van der Waals surface area contributed by atoms with Crippen LogP contribution in [0.2, 0.25) is 0 Å². The van der Waals surface area contributed by atoms with E-state index in [4.69, 9.17) is 24.7 Å². The Labute approximate surface area is 145 Å². The Hall–Kier alpha value is -2.97. The summed E-state index contributed by atoms with van der Waals surface area (Å²) in [7, 11) is 2.72. The predicted octanol–water partition coefficient (Wildman–Crippen LogP) is 0.251. The van der Waals surface area contributed by atoms with Gasteiger partial charge in [-0.05, 0) is 18.6 Å². The van der Waals surface area contributed by atoms with Crippen LogP contribution >= 0.6 is 0 Å². The molecule has 0 radical (unpaired) electrons. The van der Waals surface area contributed by atoms with Gasteiger partial charge in [-0.2, -0.15) is 0 Å². The largest absolute Gasteiger partial charge is 0.493 e. The van der Waals surface area contributed by atoms with Gasteiger partial charge >= 0.3 is 5.97 Å². The minimum atomic E-state index is -0.732. The summed E-state index contributed by atoms with van der Waals surface area (Å²) >= 11 is 0. The molecule has 9 heteroatoms. The summed E-state index contributed by atoms with van der Waals surface area (Å²) in [5.41, 5.74) is 5.15. The molecule has 0 saturated carbocycles. The number of benzene rings is 1. The molecule has 9 nitrogen and oxygen atoms in total. The van der Waals surface area contributed by atoms with Crippen LogP contribution in [-0.4, -0.2) is 51.8 Å². The van der Waals surface area contributed by atoms with Gasteiger partial charge in [-0.15, -0.1) is 0 Å². The molecule has 0 aliphatic carbocycles. The van der Waals surface area contributed by atoms with Gasteiger partial charge in [-0.3, -0.25) is 9.59 Å². The summed E-state index contributed by atoms with van der Waals surface area (Å²) in [6.45, 7) is 1.63. The van der Waals surface area contributed by atoms with Crippen LogP contribution in [0.5, 0.6) is 17.2 Å². The van der Waals surface area contributed by atoms with E-state index >= 15 is 0 Å². The Bertz CT molecular complexity index is 606. The molecule has 0 atom stereocenters. The highest BCUT2D eigenvalue weighted by molar-refractivity contribution is 5.92. The zero-order valence-electron chi connectivity index (χ0n) is 14.4. The number of nitrogens with two attached hydrogens (primary N) is 1. The van der Waals surface area contributed by atoms with Crippen LogP contribution in [0.3, 0.4) is 0 Å². The summed E-state index contributed by atoms with van der Waals surface area (Å²) in [5, 5.41) is 2.59. The smallest absolute Gasteiger partial charge is 0.338 e. The fourth-order valence-corrected chi connectivity index (χ4v) is 1.81. The molecule has 0 bridgehead atoms. The molecule has 138 valence electrons. The highest BCUT2D eigenvalue weighted by atomic mass is 16.5. The van der Waals surface area contributed by atoms with Gasteiger partial charge in [0.2, 0.25) is 5.75 Å². The first-order valence-corrected chi connectivity index (χ1v) is 7.53. The molecule has 3 N–H and O–H groups in total. The Morgan fingerprint density at radius 2 is 1.68 bits per heavy atom. The quantitative estimate of drug-likeness (QED) is 0.577. The van der Waals surface area contributed by atoms with E-state index in [1.807, 2.05) is 6.92 Å². The summed E-state index contributed by atoms with van der Waals surface area (Å²) in [6.07, 6.45) is 0.779. The highest BCUT2D eigenvalue weighted by Gasteiger charge is 2.19. The number of methoxy groups -OCH3 is 2. The summed E-state index contributed by atoms with van der Waals surface area (Å²) in [6, 6.07) is 2.70. The number of amides is 2. The molecule has 25 heavy (non-hydrogen) atoms. The van der Waals surface area contributed by atoms with Gasteiger partial charge in [0.05, 0.1) is 19.8 Å². The zero-order chi connectivity index (χ0) is 18.8. The summed E-state index contributed by atoms with van der Waals surface area (Å²) in [4.78, 5) is 34.5. The molecule has 2 amide bonds. The molecule has 1 rings (SSSR count). The predicted molar refractivity (Wildman–Crippen MR) is 87.8 cm³/mol. The number of ether oxygens (including phenoxy) is 4. The van der Waals surface area contributed by atoms with Crippen molar-refractivity contribution in [1.29, 1.82) is 0 Å². The van der Waals surface area contributed by atoms with Gasteiger partial charge < -0.3 is 30.0 Å². The Kier molecular flexibility index (Phi) is 8.04. The topological polar surface area (TPSA) is 126 Å². The lowest BCUT2D eigenvalue weighted by Gasteiger charge is -2.15. The fourth-order valence-electron chi connectivity index (χ4n) is 1.81. The number of rotatable bonds is 10. The van der Waals surface area contributed by atoms with Crippen molar-refractivity contribution in [2.75, 3.05) is 34.0 Å². The number of hydrogen-bond acceptors (Lipinski definition) is 7. The first-order valence-electron chi connectivity index (χ1n) is 7.53. The monoisotopic (exact) mass is 354 g/mol. The second-order valence-electron chi connectivity index (χ2n) is 4.89. The normalized spacial score (nSPS) is 9.88. The van der Waals surface area contributed by atoms with Gasteiger partial charge in [0.1, 0.15) is 0 Å². The third-order valence-corrected chi connectivity index (χ3v) is 2.96. The van der Waals surface area contributed by atoms with E-state index in [0.717, 1.165) is 6.42 Å². The van der Waals surface area contributed by atoms with Crippen LogP contribution in [0.1, 0.15) is 23.7 Å². The molecule has 0 aromatic heterocycles. The van der Waals surface area contributed by atoms with Crippen LogP contribution < -0.4 is 25.3 Å². The first kappa shape index (κ1) is 20.1. The van der Waals surface area contributed by atoms with Crippen LogP contribution in [0.15, 0.2) is 12.1 Å². The van der Waals surface area contributed by atoms with E-state index in [9.17, 15) is 14.4 Å². The molecule has 1 aromatic rings. The van der Waals surface area contributed by atoms with Gasteiger partial charge in [-0.1, -0.05) is 6.92 Å². The third-order valence-electron chi connectivity index (χ3n) is 2.96. The number of nitrogens with one attached hydrogen (secondary N) is 1. The van der Waals surface area contributed by atoms with E-state index in [-0.39, 0.29) is 29.4 Å². The van der Waals surface area contributed by atoms with Crippen LogP contribution in [0, 0.1) is 0 Å². The second-order valence-corrected chi connectivity index (χ2v) is 4.89. The zero-order valence-corrected chi connectivity index (χ0v) is 14.4. The van der Waals surface area contributed by atoms with Crippen LogP contribution in [-0.2, 0) is 14.3 Å². The average molecular weight is 354 g/mol. The van der Waals surface area contributed by atoms with Crippen LogP contribution in [0.4, 0.5) is 0 Å². The van der Waals surface area contributed by atoms with Crippen molar-refractivity contribution in [2.45, 2.75) is 13.3 Å². The molecule has 0 unspecified atom stereocenters. The molecular weight excluding hydrogens is 332 g/mol. The maximum Gasteiger partial charge on any atom is 0.338 e. The molecular formula is C16H22N2O7. The number of esters is 1. The molecule has 0 saturated heterocycles. The van der Waals surface area contributed by atoms with Crippen molar-refractivity contribution >= 4 is 17.8 Å². The first-order chi connectivity index (χ1) is 11.9. The maximum absolute atomic E-state index is 12.1. The molecule has 0 heterocycles. The standard InChI is InChI=1S/C16H22N2O7/c1-4-5-18-14(20)9-25-16(21)10-6-11(22-2)15(12(7-10)23-3)24-8-13(17)19/h6-7H,4-5,8-9H2,1-3H3,(H2,17,19)(H,18,20). The minimum Gasteiger partial charge on any atom is -0.493 e. The Morgan fingerprint density at radius 1 is 1.08 bits per heavy atom. The van der Waals surface area contributed by atoms with Crippen LogP contribution in [0.25, 0.3) is 0 Å². The summed E-state index contributed by atoms with van der Waals surface area (Å²) in [5.74, 6) is -1.36. The minimum absolute atomic E-state index is 0.100. The maximum atomic E-state index is 12.1. The average Bonchev–Trinajstić information content (AvgIpc) is 2.61.